The summed E-state index contributed by atoms with van der Waals surface area (Å²) in [6, 6.07) is 0. The molecule has 5 nitrogen and oxygen atoms in total. The van der Waals surface area contributed by atoms with Gasteiger partial charge in [-0.3, -0.25) is 4.79 Å². The van der Waals surface area contributed by atoms with Crippen molar-refractivity contribution in [2.24, 2.45) is 16.8 Å². The number of rotatable bonds is 5. The highest BCUT2D eigenvalue weighted by Gasteiger charge is 2.27. The second-order valence-electron chi connectivity index (χ2n) is 4.66. The van der Waals surface area contributed by atoms with Crippen LogP contribution in [-0.2, 0) is 4.79 Å². The molecule has 6 heteroatoms. The third-order valence-corrected chi connectivity index (χ3v) is 4.63. The summed E-state index contributed by atoms with van der Waals surface area (Å²) in [7, 11) is 0. The van der Waals surface area contributed by atoms with Crippen LogP contribution in [0.4, 0.5) is 0 Å². The highest BCUT2D eigenvalue weighted by Crippen LogP contribution is 2.26. The highest BCUT2D eigenvalue weighted by atomic mass is 32.2. The van der Waals surface area contributed by atoms with E-state index < -0.39 is 0 Å². The molecule has 1 aliphatic heterocycles. The number of amidine groups is 1. The van der Waals surface area contributed by atoms with Crippen LogP contribution in [0.2, 0.25) is 0 Å². The monoisotopic (exact) mass is 273 g/mol. The molecule has 2 unspecified atom stereocenters. The Kier molecular flexibility index (Phi) is 6.32. The molecule has 0 aromatic heterocycles. The van der Waals surface area contributed by atoms with Gasteiger partial charge in [-0.25, -0.2) is 0 Å². The van der Waals surface area contributed by atoms with Crippen molar-refractivity contribution in [3.8, 4) is 0 Å². The Hall–Kier alpha value is -0.910. The Bertz CT molecular complexity index is 304. The molecule has 1 heterocycles. The second kappa shape index (κ2) is 7.51. The van der Waals surface area contributed by atoms with E-state index >= 15 is 0 Å². The molecule has 0 spiro atoms. The molecule has 2 atom stereocenters. The van der Waals surface area contributed by atoms with E-state index in [4.69, 9.17) is 10.9 Å². The normalized spacial score (nSPS) is 22.6. The molecule has 1 saturated heterocycles. The third kappa shape index (κ3) is 4.08. The fraction of sp³-hybridized carbons (Fsp3) is 0.833. The summed E-state index contributed by atoms with van der Waals surface area (Å²) in [5.41, 5.74) is 5.55. The van der Waals surface area contributed by atoms with E-state index in [0.29, 0.717) is 13.1 Å². The lowest BCUT2D eigenvalue weighted by molar-refractivity contribution is -0.130. The van der Waals surface area contributed by atoms with Gasteiger partial charge in [-0.2, -0.15) is 0 Å². The number of amides is 1. The van der Waals surface area contributed by atoms with E-state index in [0.717, 1.165) is 18.6 Å². The van der Waals surface area contributed by atoms with Crippen molar-refractivity contribution in [2.45, 2.75) is 38.4 Å². The van der Waals surface area contributed by atoms with Crippen LogP contribution in [0.1, 0.15) is 33.1 Å². The van der Waals surface area contributed by atoms with E-state index in [2.05, 4.69) is 5.16 Å². The van der Waals surface area contributed by atoms with Crippen LogP contribution in [0.25, 0.3) is 0 Å². The van der Waals surface area contributed by atoms with Gasteiger partial charge in [0.15, 0.2) is 0 Å². The Morgan fingerprint density at radius 1 is 1.61 bits per heavy atom. The summed E-state index contributed by atoms with van der Waals surface area (Å²) in [6.07, 6.45) is 3.32. The molecule has 0 radical (unpaired) electrons. The minimum atomic E-state index is -0.118. The van der Waals surface area contributed by atoms with Crippen molar-refractivity contribution in [1.82, 2.24) is 4.90 Å². The number of thioether (sulfide) groups is 1. The fourth-order valence-corrected chi connectivity index (χ4v) is 3.32. The number of hydrogen-bond donors (Lipinski definition) is 2. The molecule has 0 aromatic rings. The molecule has 1 amide bonds. The minimum absolute atomic E-state index is 0.0955. The van der Waals surface area contributed by atoms with E-state index in [-0.39, 0.29) is 22.9 Å². The number of nitrogens with zero attached hydrogens (tertiary/aromatic N) is 2. The maximum atomic E-state index is 12.3. The zero-order valence-corrected chi connectivity index (χ0v) is 11.9. The zero-order valence-electron chi connectivity index (χ0n) is 11.1. The molecule has 0 bridgehead atoms. The van der Waals surface area contributed by atoms with Gasteiger partial charge in [0.25, 0.3) is 0 Å². The minimum Gasteiger partial charge on any atom is -0.409 e. The molecular formula is C12H23N3O2S. The molecule has 1 aliphatic rings. The van der Waals surface area contributed by atoms with E-state index in [1.807, 2.05) is 18.7 Å². The number of oxime groups is 1. The number of nitrogens with two attached hydrogens (primary N) is 1. The van der Waals surface area contributed by atoms with Crippen molar-refractivity contribution >= 4 is 23.5 Å². The Morgan fingerprint density at radius 3 is 2.83 bits per heavy atom. The van der Waals surface area contributed by atoms with Gasteiger partial charge in [0.05, 0.1) is 5.25 Å². The molecular weight excluding hydrogens is 250 g/mol. The largest absolute Gasteiger partial charge is 0.409 e. The molecule has 18 heavy (non-hydrogen) atoms. The number of carbonyl (C=O) groups is 1. The summed E-state index contributed by atoms with van der Waals surface area (Å²) in [4.78, 5) is 14.1. The quantitative estimate of drug-likeness (QED) is 0.344. The molecule has 1 fully saturated rings. The van der Waals surface area contributed by atoms with Gasteiger partial charge in [-0.15, -0.1) is 11.8 Å². The van der Waals surface area contributed by atoms with Gasteiger partial charge < -0.3 is 15.8 Å². The van der Waals surface area contributed by atoms with Gasteiger partial charge in [-0.1, -0.05) is 18.5 Å². The number of hydrogen-bond acceptors (Lipinski definition) is 4. The maximum Gasteiger partial charge on any atom is 0.235 e. The first-order valence-corrected chi connectivity index (χ1v) is 7.52. The predicted molar refractivity (Wildman–Crippen MR) is 74.9 cm³/mol. The van der Waals surface area contributed by atoms with E-state index in [9.17, 15) is 4.79 Å². The summed E-state index contributed by atoms with van der Waals surface area (Å²) in [5, 5.41) is 11.7. The van der Waals surface area contributed by atoms with Crippen molar-refractivity contribution in [3.05, 3.63) is 0 Å². The molecule has 0 aliphatic carbocycles. The lowest BCUT2D eigenvalue weighted by atomic mass is 10.1. The van der Waals surface area contributed by atoms with Crippen LogP contribution >= 0.6 is 11.8 Å². The Labute approximate surface area is 113 Å². The Morgan fingerprint density at radius 2 is 2.33 bits per heavy atom. The third-order valence-electron chi connectivity index (χ3n) is 3.26. The maximum absolute atomic E-state index is 12.3. The molecule has 0 saturated carbocycles. The predicted octanol–water partition coefficient (Wildman–Crippen LogP) is 1.50. The van der Waals surface area contributed by atoms with Gasteiger partial charge in [0.2, 0.25) is 5.91 Å². The van der Waals surface area contributed by atoms with Crippen molar-refractivity contribution < 1.29 is 10.0 Å². The fourth-order valence-electron chi connectivity index (χ4n) is 2.04. The van der Waals surface area contributed by atoms with Crippen molar-refractivity contribution in [1.29, 1.82) is 0 Å². The second-order valence-corrected chi connectivity index (χ2v) is 5.97. The van der Waals surface area contributed by atoms with Crippen LogP contribution in [0, 0.1) is 5.92 Å². The van der Waals surface area contributed by atoms with Crippen LogP contribution in [-0.4, -0.2) is 45.9 Å². The van der Waals surface area contributed by atoms with Gasteiger partial charge in [0.1, 0.15) is 5.84 Å². The number of carbonyl (C=O) groups excluding carboxylic acids is 1. The SMILES string of the molecule is CCN(CC(C)C(N)=NO)C(=O)C1CCCCS1. The molecule has 1 rings (SSSR count). The first-order chi connectivity index (χ1) is 8.60. The molecule has 104 valence electrons. The summed E-state index contributed by atoms with van der Waals surface area (Å²) in [5.74, 6) is 1.33. The van der Waals surface area contributed by atoms with Crippen LogP contribution in [0.15, 0.2) is 5.16 Å². The van der Waals surface area contributed by atoms with Gasteiger partial charge in [0, 0.05) is 19.0 Å². The van der Waals surface area contributed by atoms with Crippen LogP contribution < -0.4 is 5.73 Å². The smallest absolute Gasteiger partial charge is 0.235 e. The van der Waals surface area contributed by atoms with E-state index in [1.165, 1.54) is 6.42 Å². The van der Waals surface area contributed by atoms with Crippen molar-refractivity contribution in [2.75, 3.05) is 18.8 Å². The first-order valence-electron chi connectivity index (χ1n) is 6.48. The van der Waals surface area contributed by atoms with E-state index in [1.54, 1.807) is 11.8 Å². The first kappa shape index (κ1) is 15.1. The molecule has 0 aromatic carbocycles. The highest BCUT2D eigenvalue weighted by molar-refractivity contribution is 8.00. The average molecular weight is 273 g/mol. The lowest BCUT2D eigenvalue weighted by Crippen LogP contribution is -2.43. The van der Waals surface area contributed by atoms with Crippen LogP contribution in [0.5, 0.6) is 0 Å². The standard InChI is InChI=1S/C12H23N3O2S/c1-3-15(8-9(2)11(13)14-17)12(16)10-6-4-5-7-18-10/h9-10,17H,3-8H2,1-2H3,(H2,13,14). The van der Waals surface area contributed by atoms with Gasteiger partial charge >= 0.3 is 0 Å². The summed E-state index contributed by atoms with van der Waals surface area (Å²) >= 11 is 1.75. The van der Waals surface area contributed by atoms with Crippen molar-refractivity contribution in [3.63, 3.8) is 0 Å². The summed E-state index contributed by atoms with van der Waals surface area (Å²) in [6.45, 7) is 5.00. The van der Waals surface area contributed by atoms with Crippen LogP contribution in [0.3, 0.4) is 0 Å². The molecule has 3 N–H and O–H groups in total. The summed E-state index contributed by atoms with van der Waals surface area (Å²) < 4.78 is 0. The average Bonchev–Trinajstić information content (AvgIpc) is 2.43. The Balaban J connectivity index is 2.56. The lowest BCUT2D eigenvalue weighted by Gasteiger charge is -2.29. The van der Waals surface area contributed by atoms with Gasteiger partial charge in [-0.05, 0) is 25.5 Å². The topological polar surface area (TPSA) is 78.9 Å². The zero-order chi connectivity index (χ0) is 13.5.